The molecule has 1 N–H and O–H groups in total. The number of benzene rings is 2. The highest BCUT2D eigenvalue weighted by molar-refractivity contribution is 7.99. The number of hydrogen-bond acceptors (Lipinski definition) is 4. The molecular formula is C18H18FNO3S. The van der Waals surface area contributed by atoms with Crippen molar-refractivity contribution in [3.8, 4) is 0 Å². The molecule has 0 saturated carbocycles. The van der Waals surface area contributed by atoms with Gasteiger partial charge in [-0.15, -0.1) is 11.8 Å². The van der Waals surface area contributed by atoms with Crippen LogP contribution in [0.5, 0.6) is 0 Å². The summed E-state index contributed by atoms with van der Waals surface area (Å²) in [6.07, 6.45) is 0.272. The second kappa shape index (κ2) is 9.72. The Hall–Kier alpha value is -2.34. The van der Waals surface area contributed by atoms with Crippen molar-refractivity contribution < 1.29 is 18.7 Å². The molecule has 2 aromatic carbocycles. The van der Waals surface area contributed by atoms with Crippen LogP contribution in [0, 0.1) is 5.82 Å². The Morgan fingerprint density at radius 2 is 1.75 bits per heavy atom. The smallest absolute Gasteiger partial charge is 0.325 e. The number of thioether (sulfide) groups is 1. The van der Waals surface area contributed by atoms with Crippen LogP contribution < -0.4 is 5.32 Å². The number of esters is 1. The summed E-state index contributed by atoms with van der Waals surface area (Å²) in [6, 6.07) is 15.4. The molecule has 126 valence electrons. The fourth-order valence-corrected chi connectivity index (χ4v) is 2.69. The van der Waals surface area contributed by atoms with Crippen LogP contribution in [-0.4, -0.2) is 24.2 Å². The van der Waals surface area contributed by atoms with Crippen molar-refractivity contribution in [2.75, 3.05) is 12.3 Å². The van der Waals surface area contributed by atoms with E-state index in [0.717, 1.165) is 10.5 Å². The lowest BCUT2D eigenvalue weighted by atomic mass is 10.2. The monoisotopic (exact) mass is 347 g/mol. The minimum absolute atomic E-state index is 0.146. The third kappa shape index (κ3) is 6.83. The van der Waals surface area contributed by atoms with Gasteiger partial charge in [-0.3, -0.25) is 9.59 Å². The van der Waals surface area contributed by atoms with Crippen LogP contribution in [0.15, 0.2) is 59.5 Å². The maximum absolute atomic E-state index is 12.8. The van der Waals surface area contributed by atoms with E-state index >= 15 is 0 Å². The summed E-state index contributed by atoms with van der Waals surface area (Å²) in [7, 11) is 0. The second-order valence-corrected chi connectivity index (χ2v) is 6.14. The summed E-state index contributed by atoms with van der Waals surface area (Å²) in [5, 5.41) is 2.53. The van der Waals surface area contributed by atoms with Crippen LogP contribution in [0.25, 0.3) is 0 Å². The van der Waals surface area contributed by atoms with Crippen LogP contribution in [0.1, 0.15) is 12.0 Å². The number of amides is 1. The van der Waals surface area contributed by atoms with Crippen molar-refractivity contribution in [3.63, 3.8) is 0 Å². The molecule has 0 unspecified atom stereocenters. The molecule has 1 amide bonds. The van der Waals surface area contributed by atoms with Crippen molar-refractivity contribution in [2.45, 2.75) is 17.9 Å². The van der Waals surface area contributed by atoms with Crippen molar-refractivity contribution in [3.05, 3.63) is 66.0 Å². The lowest BCUT2D eigenvalue weighted by Crippen LogP contribution is -2.30. The molecule has 0 aliphatic rings. The highest BCUT2D eigenvalue weighted by Crippen LogP contribution is 2.18. The quantitative estimate of drug-likeness (QED) is 0.589. The fraction of sp³-hybridized carbons (Fsp3) is 0.222. The summed E-state index contributed by atoms with van der Waals surface area (Å²) in [5.41, 5.74) is 0.896. The van der Waals surface area contributed by atoms with Crippen LogP contribution in [0.2, 0.25) is 0 Å². The molecule has 0 aliphatic carbocycles. The Kier molecular flexibility index (Phi) is 7.29. The molecule has 0 spiro atoms. The van der Waals surface area contributed by atoms with Gasteiger partial charge >= 0.3 is 5.97 Å². The van der Waals surface area contributed by atoms with E-state index in [2.05, 4.69) is 5.32 Å². The highest BCUT2D eigenvalue weighted by atomic mass is 32.2. The molecule has 4 nitrogen and oxygen atoms in total. The number of rotatable bonds is 8. The van der Waals surface area contributed by atoms with Crippen LogP contribution >= 0.6 is 11.8 Å². The number of carbonyl (C=O) groups excluding carboxylic acids is 2. The maximum atomic E-state index is 12.8. The molecule has 0 aromatic heterocycles. The molecular weight excluding hydrogens is 329 g/mol. The minimum atomic E-state index is -0.474. The van der Waals surface area contributed by atoms with Crippen molar-refractivity contribution >= 4 is 23.6 Å². The summed E-state index contributed by atoms with van der Waals surface area (Å²) in [4.78, 5) is 24.1. The fourth-order valence-electron chi connectivity index (χ4n) is 1.84. The Morgan fingerprint density at radius 1 is 1.04 bits per heavy atom. The standard InChI is InChI=1S/C18H18FNO3S/c19-15-6-8-16(9-7-15)24-11-10-17(21)20-12-18(22)23-13-14-4-2-1-3-5-14/h1-9H,10-13H2,(H,20,21). The Bertz CT molecular complexity index is 662. The maximum Gasteiger partial charge on any atom is 0.325 e. The predicted octanol–water partition coefficient (Wildman–Crippen LogP) is 3.17. The largest absolute Gasteiger partial charge is 0.460 e. The van der Waals surface area contributed by atoms with Gasteiger partial charge in [0.1, 0.15) is 19.0 Å². The van der Waals surface area contributed by atoms with Gasteiger partial charge in [0.05, 0.1) is 0 Å². The minimum Gasteiger partial charge on any atom is -0.460 e. The lowest BCUT2D eigenvalue weighted by Gasteiger charge is -2.07. The van der Waals surface area contributed by atoms with E-state index in [-0.39, 0.29) is 31.3 Å². The van der Waals surface area contributed by atoms with Crippen LogP contribution in [0.3, 0.4) is 0 Å². The lowest BCUT2D eigenvalue weighted by molar-refractivity contribution is -0.145. The third-order valence-electron chi connectivity index (χ3n) is 3.08. The predicted molar refractivity (Wildman–Crippen MR) is 91.0 cm³/mol. The van der Waals surface area contributed by atoms with E-state index in [1.807, 2.05) is 30.3 Å². The number of carbonyl (C=O) groups is 2. The van der Waals surface area contributed by atoms with Crippen molar-refractivity contribution in [1.82, 2.24) is 5.32 Å². The number of ether oxygens (including phenoxy) is 1. The van der Waals surface area contributed by atoms with Crippen LogP contribution in [0.4, 0.5) is 4.39 Å². The molecule has 0 aliphatic heterocycles. The molecule has 6 heteroatoms. The SMILES string of the molecule is O=C(CCSc1ccc(F)cc1)NCC(=O)OCc1ccccc1. The van der Waals surface area contributed by atoms with E-state index in [0.29, 0.717) is 5.75 Å². The van der Waals surface area contributed by atoms with Gasteiger partial charge in [-0.1, -0.05) is 30.3 Å². The molecule has 0 radical (unpaired) electrons. The Morgan fingerprint density at radius 3 is 2.46 bits per heavy atom. The van der Waals surface area contributed by atoms with Gasteiger partial charge in [0, 0.05) is 17.1 Å². The molecule has 24 heavy (non-hydrogen) atoms. The third-order valence-corrected chi connectivity index (χ3v) is 4.10. The molecule has 2 aromatic rings. The van der Waals surface area contributed by atoms with Crippen molar-refractivity contribution in [2.24, 2.45) is 0 Å². The van der Waals surface area contributed by atoms with Gasteiger partial charge in [0.15, 0.2) is 0 Å². The summed E-state index contributed by atoms with van der Waals surface area (Å²) >= 11 is 1.46. The van der Waals surface area contributed by atoms with Crippen LogP contribution in [-0.2, 0) is 20.9 Å². The average Bonchev–Trinajstić information content (AvgIpc) is 2.61. The molecule has 0 heterocycles. The molecule has 0 saturated heterocycles. The highest BCUT2D eigenvalue weighted by Gasteiger charge is 2.07. The summed E-state index contributed by atoms with van der Waals surface area (Å²) in [6.45, 7) is 0.0445. The molecule has 0 atom stereocenters. The first-order valence-electron chi connectivity index (χ1n) is 7.48. The van der Waals surface area contributed by atoms with Gasteiger partial charge in [0.2, 0.25) is 5.91 Å². The van der Waals surface area contributed by atoms with Gasteiger partial charge in [-0.2, -0.15) is 0 Å². The first-order chi connectivity index (χ1) is 11.6. The normalized spacial score (nSPS) is 10.2. The second-order valence-electron chi connectivity index (χ2n) is 4.98. The van der Waals surface area contributed by atoms with Gasteiger partial charge in [-0.05, 0) is 29.8 Å². The average molecular weight is 347 g/mol. The molecule has 2 rings (SSSR count). The first kappa shape index (κ1) is 18.0. The summed E-state index contributed by atoms with van der Waals surface area (Å²) < 4.78 is 17.8. The molecule has 0 fully saturated rings. The number of hydrogen-bond donors (Lipinski definition) is 1. The number of nitrogens with one attached hydrogen (secondary N) is 1. The Balaban J connectivity index is 1.58. The van der Waals surface area contributed by atoms with E-state index in [9.17, 15) is 14.0 Å². The zero-order valence-corrected chi connectivity index (χ0v) is 13.9. The van der Waals surface area contributed by atoms with E-state index < -0.39 is 5.97 Å². The van der Waals surface area contributed by atoms with Gasteiger partial charge in [0.25, 0.3) is 0 Å². The Labute approximate surface area is 144 Å². The van der Waals surface area contributed by atoms with E-state index in [1.54, 1.807) is 12.1 Å². The number of halogens is 1. The van der Waals surface area contributed by atoms with Gasteiger partial charge in [-0.25, -0.2) is 4.39 Å². The van der Waals surface area contributed by atoms with Crippen molar-refractivity contribution in [1.29, 1.82) is 0 Å². The van der Waals surface area contributed by atoms with E-state index in [1.165, 1.54) is 23.9 Å². The summed E-state index contributed by atoms with van der Waals surface area (Å²) in [5.74, 6) is -0.429. The van der Waals surface area contributed by atoms with E-state index in [4.69, 9.17) is 4.74 Å². The zero-order valence-electron chi connectivity index (χ0n) is 13.0. The topological polar surface area (TPSA) is 55.4 Å². The zero-order chi connectivity index (χ0) is 17.2. The van der Waals surface area contributed by atoms with Gasteiger partial charge < -0.3 is 10.1 Å². The molecule has 0 bridgehead atoms. The first-order valence-corrected chi connectivity index (χ1v) is 8.46.